The summed E-state index contributed by atoms with van der Waals surface area (Å²) >= 11 is 0. The van der Waals surface area contributed by atoms with Crippen LogP contribution in [0.15, 0.2) is 70.4 Å². The van der Waals surface area contributed by atoms with Gasteiger partial charge in [-0.25, -0.2) is 14.7 Å². The molecule has 1 aliphatic rings. The summed E-state index contributed by atoms with van der Waals surface area (Å²) in [4.78, 5) is 39.8. The molecule has 244 valence electrons. The SMILES string of the molecule is Cc1cn(C2CC(OP(NC(C)C)OCCC#N)C(COC(=O)OCc3ccc4ccc5cccc6ccc3c4c56)O2)c(=O)[nH]c1=O. The number of rotatable bonds is 12. The predicted octanol–water partition coefficient (Wildman–Crippen LogP) is 5.92. The predicted molar refractivity (Wildman–Crippen MR) is 177 cm³/mol. The van der Waals surface area contributed by atoms with Crippen LogP contribution in [-0.4, -0.2) is 47.2 Å². The maximum atomic E-state index is 12.9. The molecule has 4 aromatic carbocycles. The third kappa shape index (κ3) is 7.15. The smallest absolute Gasteiger partial charge is 0.431 e. The first-order valence-corrected chi connectivity index (χ1v) is 16.5. The Kier molecular flexibility index (Phi) is 9.82. The van der Waals surface area contributed by atoms with Crippen LogP contribution in [0.1, 0.15) is 44.0 Å². The molecule has 2 N–H and O–H groups in total. The number of aryl methyl sites for hydroxylation is 1. The largest absolute Gasteiger partial charge is 0.508 e. The van der Waals surface area contributed by atoms with Crippen molar-refractivity contribution >= 4 is 47.0 Å². The normalized spacial score (nSPS) is 18.7. The van der Waals surface area contributed by atoms with Crippen molar-refractivity contribution < 1.29 is 28.1 Å². The second-order valence-electron chi connectivity index (χ2n) is 11.7. The minimum atomic E-state index is -1.65. The summed E-state index contributed by atoms with van der Waals surface area (Å²) < 4.78 is 30.6. The van der Waals surface area contributed by atoms with E-state index >= 15 is 0 Å². The fraction of sp³-hybridized carbons (Fsp3) is 0.353. The van der Waals surface area contributed by atoms with Crippen LogP contribution >= 0.6 is 8.53 Å². The molecule has 13 heteroatoms. The van der Waals surface area contributed by atoms with Crippen LogP contribution in [0.25, 0.3) is 32.3 Å². The highest BCUT2D eigenvalue weighted by atomic mass is 31.2. The summed E-state index contributed by atoms with van der Waals surface area (Å²) in [5.74, 6) is 0. The van der Waals surface area contributed by atoms with Gasteiger partial charge in [-0.1, -0.05) is 54.6 Å². The van der Waals surface area contributed by atoms with Gasteiger partial charge in [0.25, 0.3) is 14.1 Å². The number of H-pyrrole nitrogens is 1. The third-order valence-electron chi connectivity index (χ3n) is 7.98. The monoisotopic (exact) mass is 658 g/mol. The van der Waals surface area contributed by atoms with E-state index in [0.29, 0.717) is 5.56 Å². The van der Waals surface area contributed by atoms with Crippen LogP contribution in [0, 0.1) is 18.3 Å². The molecule has 0 amide bonds. The first-order valence-electron chi connectivity index (χ1n) is 15.4. The van der Waals surface area contributed by atoms with Gasteiger partial charge in [-0.05, 0) is 58.7 Å². The topological polar surface area (TPSA) is 154 Å². The van der Waals surface area contributed by atoms with Crippen molar-refractivity contribution in [2.24, 2.45) is 0 Å². The lowest BCUT2D eigenvalue weighted by Crippen LogP contribution is -2.33. The summed E-state index contributed by atoms with van der Waals surface area (Å²) in [5.41, 5.74) is 0.0643. The summed E-state index contributed by atoms with van der Waals surface area (Å²) in [6, 6.07) is 20.6. The Bertz CT molecular complexity index is 2040. The molecule has 2 heterocycles. The van der Waals surface area contributed by atoms with E-state index in [9.17, 15) is 14.4 Å². The van der Waals surface area contributed by atoms with Gasteiger partial charge in [0.15, 0.2) is 0 Å². The highest BCUT2D eigenvalue weighted by Gasteiger charge is 2.40. The molecule has 6 rings (SSSR count). The Morgan fingerprint density at radius 3 is 2.55 bits per heavy atom. The van der Waals surface area contributed by atoms with E-state index in [2.05, 4.69) is 40.4 Å². The first kappa shape index (κ1) is 32.6. The van der Waals surface area contributed by atoms with Gasteiger partial charge in [-0.3, -0.25) is 14.3 Å². The number of hydrogen-bond acceptors (Lipinski definition) is 10. The van der Waals surface area contributed by atoms with Crippen LogP contribution < -0.4 is 16.3 Å². The van der Waals surface area contributed by atoms with E-state index in [-0.39, 0.29) is 38.7 Å². The molecule has 0 aliphatic carbocycles. The number of nitriles is 1. The van der Waals surface area contributed by atoms with Gasteiger partial charge in [0.2, 0.25) is 0 Å². The molecule has 0 spiro atoms. The van der Waals surface area contributed by atoms with E-state index in [1.165, 1.54) is 16.2 Å². The van der Waals surface area contributed by atoms with Crippen LogP contribution in [-0.2, 0) is 29.9 Å². The molecule has 4 atom stereocenters. The van der Waals surface area contributed by atoms with Crippen LogP contribution in [0.5, 0.6) is 0 Å². The zero-order chi connectivity index (χ0) is 33.1. The Labute approximate surface area is 271 Å². The van der Waals surface area contributed by atoms with Crippen LogP contribution in [0.4, 0.5) is 4.79 Å². The Hall–Kier alpha value is -4.37. The average molecular weight is 659 g/mol. The highest BCUT2D eigenvalue weighted by Crippen LogP contribution is 2.42. The number of aromatic nitrogens is 2. The summed E-state index contributed by atoms with van der Waals surface area (Å²) in [5, 5.41) is 18.9. The molecule has 0 radical (unpaired) electrons. The molecule has 12 nitrogen and oxygen atoms in total. The number of nitrogens with one attached hydrogen (secondary N) is 2. The quantitative estimate of drug-likeness (QED) is 0.0714. The fourth-order valence-corrected chi connectivity index (χ4v) is 7.13. The van der Waals surface area contributed by atoms with E-state index in [0.717, 1.165) is 32.5 Å². The number of aromatic amines is 1. The number of benzene rings is 4. The molecule has 1 fully saturated rings. The average Bonchev–Trinajstić information content (AvgIpc) is 3.45. The molecular formula is C34H35N4O8P. The lowest BCUT2D eigenvalue weighted by molar-refractivity contribution is -0.0567. The molecule has 4 unspecified atom stereocenters. The molecule has 0 bridgehead atoms. The third-order valence-corrected chi connectivity index (χ3v) is 9.59. The number of nitrogens with zero attached hydrogens (tertiary/aromatic N) is 2. The molecular weight excluding hydrogens is 623 g/mol. The Balaban J connectivity index is 1.16. The Morgan fingerprint density at radius 1 is 1.09 bits per heavy atom. The first-order chi connectivity index (χ1) is 22.7. The molecule has 1 saturated heterocycles. The molecule has 1 aromatic heterocycles. The van der Waals surface area contributed by atoms with E-state index < -0.39 is 44.4 Å². The van der Waals surface area contributed by atoms with Crippen molar-refractivity contribution in [2.75, 3.05) is 13.2 Å². The van der Waals surface area contributed by atoms with Crippen molar-refractivity contribution in [3.8, 4) is 6.07 Å². The zero-order valence-corrected chi connectivity index (χ0v) is 27.1. The van der Waals surface area contributed by atoms with Gasteiger partial charge >= 0.3 is 11.8 Å². The fourth-order valence-electron chi connectivity index (χ4n) is 5.79. The molecule has 47 heavy (non-hydrogen) atoms. The van der Waals surface area contributed by atoms with Gasteiger partial charge < -0.3 is 23.3 Å². The van der Waals surface area contributed by atoms with Gasteiger partial charge in [-0.15, -0.1) is 0 Å². The number of ether oxygens (including phenoxy) is 3. The summed E-state index contributed by atoms with van der Waals surface area (Å²) in [7, 11) is -1.65. The van der Waals surface area contributed by atoms with Gasteiger partial charge in [0.05, 0.1) is 25.2 Å². The molecule has 0 saturated carbocycles. The second kappa shape index (κ2) is 14.2. The van der Waals surface area contributed by atoms with Crippen molar-refractivity contribution in [2.45, 2.75) is 64.7 Å². The van der Waals surface area contributed by atoms with Crippen molar-refractivity contribution in [3.05, 3.63) is 92.8 Å². The van der Waals surface area contributed by atoms with E-state index in [1.807, 2.05) is 44.2 Å². The Morgan fingerprint density at radius 2 is 1.81 bits per heavy atom. The molecule has 1 aliphatic heterocycles. The van der Waals surface area contributed by atoms with Gasteiger partial charge in [0.1, 0.15) is 25.5 Å². The lowest BCUT2D eigenvalue weighted by Gasteiger charge is -2.25. The number of hydrogen-bond donors (Lipinski definition) is 2. The van der Waals surface area contributed by atoms with Gasteiger partial charge in [0, 0.05) is 24.2 Å². The minimum absolute atomic E-state index is 0.00344. The zero-order valence-electron chi connectivity index (χ0n) is 26.2. The number of carbonyl (C=O) groups is 1. The maximum absolute atomic E-state index is 12.9. The van der Waals surface area contributed by atoms with Crippen LogP contribution in [0.2, 0.25) is 0 Å². The standard InChI is InChI=1S/C34H35N4O8P/c1-20(2)37-47(44-15-5-14-35)46-27-16-29(38-17-21(3)32(39)36-33(38)40)45-28(27)19-43-34(41)42-18-25-11-10-24-9-8-22-6-4-7-23-12-13-26(25)31(24)30(22)23/h4,6-13,17,20,27-29,37H,5,15-16,18-19H2,1-3H3,(H,36,39,40). The van der Waals surface area contributed by atoms with Crippen molar-refractivity contribution in [3.63, 3.8) is 0 Å². The minimum Gasteiger partial charge on any atom is -0.431 e. The lowest BCUT2D eigenvalue weighted by atomic mass is 9.92. The highest BCUT2D eigenvalue weighted by molar-refractivity contribution is 7.45. The van der Waals surface area contributed by atoms with E-state index in [1.54, 1.807) is 6.92 Å². The second-order valence-corrected chi connectivity index (χ2v) is 12.9. The summed E-state index contributed by atoms with van der Waals surface area (Å²) in [6.45, 7) is 5.39. The number of carbonyl (C=O) groups excluding carboxylic acids is 1. The van der Waals surface area contributed by atoms with E-state index in [4.69, 9.17) is 28.5 Å². The summed E-state index contributed by atoms with van der Waals surface area (Å²) in [6.07, 6.45) is -1.33. The van der Waals surface area contributed by atoms with Crippen molar-refractivity contribution in [1.29, 1.82) is 5.26 Å². The van der Waals surface area contributed by atoms with Crippen molar-refractivity contribution in [1.82, 2.24) is 14.6 Å². The molecule has 5 aromatic rings. The van der Waals surface area contributed by atoms with Crippen LogP contribution in [0.3, 0.4) is 0 Å². The van der Waals surface area contributed by atoms with Gasteiger partial charge in [-0.2, -0.15) is 5.26 Å². The maximum Gasteiger partial charge on any atom is 0.508 e.